The van der Waals surface area contributed by atoms with E-state index in [4.69, 9.17) is 4.74 Å². The molecule has 2 bridgehead atoms. The van der Waals surface area contributed by atoms with E-state index in [1.165, 1.54) is 12.8 Å². The van der Waals surface area contributed by atoms with E-state index in [-0.39, 0.29) is 0 Å². The minimum Gasteiger partial charge on any atom is -0.456 e. The van der Waals surface area contributed by atoms with Gasteiger partial charge in [0.1, 0.15) is 0 Å². The molecule has 28 heavy (non-hydrogen) atoms. The molecule has 6 nitrogen and oxygen atoms in total. The molecule has 0 spiro atoms. The number of fused-ring (bicyclic) bond motifs is 2. The van der Waals surface area contributed by atoms with Gasteiger partial charge in [0.15, 0.2) is 24.1 Å². The molecule has 0 aliphatic heterocycles. The summed E-state index contributed by atoms with van der Waals surface area (Å²) in [6.07, 6.45) is 4.88. The number of ether oxygens (including phenoxy) is 1. The molecule has 3 rings (SSSR count). The van der Waals surface area contributed by atoms with Gasteiger partial charge in [-0.15, -0.1) is 0 Å². The van der Waals surface area contributed by atoms with Gasteiger partial charge in [0.25, 0.3) is 5.91 Å². The third kappa shape index (κ3) is 4.82. The fourth-order valence-corrected chi connectivity index (χ4v) is 4.09. The Morgan fingerprint density at radius 1 is 1.04 bits per heavy atom. The average molecular weight is 398 g/mol. The Hall–Kier alpha value is -2.58. The topological polar surface area (TPSA) is 84.5 Å². The molecule has 152 valence electrons. The summed E-state index contributed by atoms with van der Waals surface area (Å²) in [5.41, 5.74) is -0.546. The monoisotopic (exact) mass is 398 g/mol. The van der Waals surface area contributed by atoms with Crippen LogP contribution in [0.4, 0.5) is 18.9 Å². The van der Waals surface area contributed by atoms with Crippen molar-refractivity contribution in [1.82, 2.24) is 5.32 Å². The number of rotatable bonds is 7. The van der Waals surface area contributed by atoms with Gasteiger partial charge in [0, 0.05) is 6.42 Å². The zero-order valence-corrected chi connectivity index (χ0v) is 15.1. The fourth-order valence-electron chi connectivity index (χ4n) is 4.09. The molecule has 2 N–H and O–H groups in total. The molecule has 2 aliphatic rings. The Morgan fingerprint density at radius 3 is 2.50 bits per heavy atom. The van der Waals surface area contributed by atoms with E-state index in [0.717, 1.165) is 18.9 Å². The lowest BCUT2D eigenvalue weighted by molar-refractivity contribution is -0.149. The van der Waals surface area contributed by atoms with Crippen molar-refractivity contribution in [2.24, 2.45) is 17.8 Å². The van der Waals surface area contributed by atoms with Gasteiger partial charge in [-0.3, -0.25) is 14.4 Å². The Bertz CT molecular complexity index is 787. The van der Waals surface area contributed by atoms with Crippen LogP contribution in [0.15, 0.2) is 12.1 Å². The number of halogens is 3. The third-order valence-corrected chi connectivity index (χ3v) is 5.43. The van der Waals surface area contributed by atoms with E-state index in [1.807, 2.05) is 5.32 Å². The van der Waals surface area contributed by atoms with Crippen molar-refractivity contribution in [3.63, 3.8) is 0 Å². The summed E-state index contributed by atoms with van der Waals surface area (Å²) in [5.74, 6) is -4.98. The quantitative estimate of drug-likeness (QED) is 0.546. The van der Waals surface area contributed by atoms with E-state index in [2.05, 4.69) is 5.32 Å². The molecule has 2 fully saturated rings. The maximum absolute atomic E-state index is 13.5. The van der Waals surface area contributed by atoms with Crippen molar-refractivity contribution in [2.45, 2.75) is 32.1 Å². The van der Waals surface area contributed by atoms with Gasteiger partial charge in [-0.05, 0) is 49.1 Å². The first-order valence-corrected chi connectivity index (χ1v) is 9.19. The molecule has 2 aliphatic carbocycles. The van der Waals surface area contributed by atoms with Crippen LogP contribution in [0.25, 0.3) is 0 Å². The summed E-state index contributed by atoms with van der Waals surface area (Å²) in [4.78, 5) is 35.2. The summed E-state index contributed by atoms with van der Waals surface area (Å²) in [7, 11) is 0. The van der Waals surface area contributed by atoms with Gasteiger partial charge in [-0.1, -0.05) is 6.42 Å². The van der Waals surface area contributed by atoms with Crippen LogP contribution in [-0.2, 0) is 19.1 Å². The summed E-state index contributed by atoms with van der Waals surface area (Å²) < 4.78 is 44.4. The first-order chi connectivity index (χ1) is 13.3. The van der Waals surface area contributed by atoms with Gasteiger partial charge in [0.05, 0.1) is 12.2 Å². The van der Waals surface area contributed by atoms with Crippen molar-refractivity contribution in [3.8, 4) is 0 Å². The minimum atomic E-state index is -1.70. The van der Waals surface area contributed by atoms with Crippen molar-refractivity contribution in [3.05, 3.63) is 29.6 Å². The molecule has 0 heterocycles. The predicted molar refractivity (Wildman–Crippen MR) is 92.5 cm³/mol. The minimum absolute atomic E-state index is 0.296. The van der Waals surface area contributed by atoms with Crippen LogP contribution in [0, 0.1) is 35.2 Å². The van der Waals surface area contributed by atoms with E-state index in [0.29, 0.717) is 30.2 Å². The van der Waals surface area contributed by atoms with Crippen LogP contribution in [0.1, 0.15) is 32.1 Å². The van der Waals surface area contributed by atoms with Crippen LogP contribution in [0.3, 0.4) is 0 Å². The lowest BCUT2D eigenvalue weighted by Gasteiger charge is -2.20. The van der Waals surface area contributed by atoms with E-state index in [1.54, 1.807) is 0 Å². The number of benzene rings is 1. The highest BCUT2D eigenvalue weighted by Gasteiger charge is 2.40. The fraction of sp³-hybridized carbons (Fsp3) is 0.526. The lowest BCUT2D eigenvalue weighted by Crippen LogP contribution is -2.36. The number of nitrogens with one attached hydrogen (secondary N) is 2. The molecule has 1 aromatic carbocycles. The standard InChI is InChI=1S/C19H21F3N2O4/c20-13-3-4-14(19(22)18(13)21)24-15(25)8-23-16(26)9-28-17(27)7-12-6-10-1-2-11(12)5-10/h3-4,10-12H,1-2,5-9H2,(H,23,26)(H,24,25)/t10-,11+,12+/m0/s1. The SMILES string of the molecule is O=C(COC(=O)C[C@H]1C[C@H]2CC[C@@H]1C2)NCC(=O)Nc1ccc(F)c(F)c1F. The van der Waals surface area contributed by atoms with Crippen LogP contribution in [-0.4, -0.2) is 30.9 Å². The second-order valence-electron chi connectivity index (χ2n) is 7.35. The van der Waals surface area contributed by atoms with Crippen molar-refractivity contribution < 1.29 is 32.3 Å². The number of hydrogen-bond donors (Lipinski definition) is 2. The average Bonchev–Trinajstić information content (AvgIpc) is 3.28. The summed E-state index contributed by atoms with van der Waals surface area (Å²) in [6, 6.07) is 1.53. The molecule has 9 heteroatoms. The van der Waals surface area contributed by atoms with Crippen LogP contribution >= 0.6 is 0 Å². The van der Waals surface area contributed by atoms with Gasteiger partial charge in [-0.25, -0.2) is 13.2 Å². The second-order valence-corrected chi connectivity index (χ2v) is 7.35. The highest BCUT2D eigenvalue weighted by atomic mass is 19.2. The predicted octanol–water partition coefficient (Wildman–Crippen LogP) is 2.53. The lowest BCUT2D eigenvalue weighted by atomic mass is 9.86. The zero-order chi connectivity index (χ0) is 20.3. The van der Waals surface area contributed by atoms with Gasteiger partial charge < -0.3 is 15.4 Å². The van der Waals surface area contributed by atoms with Crippen molar-refractivity contribution >= 4 is 23.5 Å². The molecule has 2 amide bonds. The molecule has 0 unspecified atom stereocenters. The maximum atomic E-state index is 13.5. The van der Waals surface area contributed by atoms with Gasteiger partial charge >= 0.3 is 5.97 Å². The van der Waals surface area contributed by atoms with Crippen LogP contribution in [0.2, 0.25) is 0 Å². The van der Waals surface area contributed by atoms with E-state index in [9.17, 15) is 27.6 Å². The van der Waals surface area contributed by atoms with Crippen LogP contribution < -0.4 is 10.6 Å². The first-order valence-electron chi connectivity index (χ1n) is 9.19. The first kappa shape index (κ1) is 20.2. The van der Waals surface area contributed by atoms with Crippen molar-refractivity contribution in [2.75, 3.05) is 18.5 Å². The number of anilines is 1. The normalized spacial score (nSPS) is 22.8. The van der Waals surface area contributed by atoms with E-state index < -0.39 is 54.1 Å². The Balaban J connectivity index is 1.35. The van der Waals surface area contributed by atoms with Gasteiger partial charge in [-0.2, -0.15) is 0 Å². The zero-order valence-electron chi connectivity index (χ0n) is 15.1. The smallest absolute Gasteiger partial charge is 0.306 e. The second kappa shape index (κ2) is 8.62. The molecule has 2 saturated carbocycles. The molecule has 3 atom stereocenters. The summed E-state index contributed by atoms with van der Waals surface area (Å²) in [5, 5.41) is 4.22. The van der Waals surface area contributed by atoms with Gasteiger partial charge in [0.2, 0.25) is 5.91 Å². The summed E-state index contributed by atoms with van der Waals surface area (Å²) in [6.45, 7) is -1.06. The third-order valence-electron chi connectivity index (χ3n) is 5.43. The number of carbonyl (C=O) groups is 3. The number of carbonyl (C=O) groups excluding carboxylic acids is 3. The molecule has 0 saturated heterocycles. The number of amides is 2. The largest absolute Gasteiger partial charge is 0.456 e. The Kier molecular flexibility index (Phi) is 6.21. The molecular formula is C19H21F3N2O4. The molecule has 1 aromatic rings. The molecule has 0 aromatic heterocycles. The summed E-state index contributed by atoms with van der Waals surface area (Å²) >= 11 is 0. The maximum Gasteiger partial charge on any atom is 0.306 e. The van der Waals surface area contributed by atoms with Crippen molar-refractivity contribution in [1.29, 1.82) is 0 Å². The number of hydrogen-bond acceptors (Lipinski definition) is 4. The number of esters is 1. The molecular weight excluding hydrogens is 377 g/mol. The molecule has 0 radical (unpaired) electrons. The Morgan fingerprint density at radius 2 is 1.82 bits per heavy atom. The highest BCUT2D eigenvalue weighted by molar-refractivity contribution is 5.94. The van der Waals surface area contributed by atoms with Crippen LogP contribution in [0.5, 0.6) is 0 Å². The highest BCUT2D eigenvalue weighted by Crippen LogP contribution is 2.49. The van der Waals surface area contributed by atoms with E-state index >= 15 is 0 Å². The Labute approximate surface area is 159 Å².